The number of unbranched alkanes of at least 4 members (excludes halogenated alkanes) is 1. The van der Waals surface area contributed by atoms with Gasteiger partial charge in [0.25, 0.3) is 0 Å². The van der Waals surface area contributed by atoms with Crippen molar-refractivity contribution in [3.05, 3.63) is 12.2 Å². The van der Waals surface area contributed by atoms with Crippen LogP contribution in [0, 0.1) is 0 Å². The number of hydrogen-bond donors (Lipinski definition) is 1. The van der Waals surface area contributed by atoms with Crippen molar-refractivity contribution in [1.29, 1.82) is 0 Å². The molecule has 0 saturated carbocycles. The van der Waals surface area contributed by atoms with E-state index in [1.54, 1.807) is 6.33 Å². The van der Waals surface area contributed by atoms with Crippen LogP contribution in [-0.2, 0) is 6.42 Å². The van der Waals surface area contributed by atoms with E-state index in [9.17, 15) is 0 Å². The lowest BCUT2D eigenvalue weighted by molar-refractivity contribution is 0.283. The van der Waals surface area contributed by atoms with E-state index in [0.29, 0.717) is 6.04 Å². The van der Waals surface area contributed by atoms with Gasteiger partial charge in [-0.25, -0.2) is 9.67 Å². The van der Waals surface area contributed by atoms with Crippen molar-refractivity contribution in [3.63, 3.8) is 0 Å². The minimum absolute atomic E-state index is 0.260. The fourth-order valence-corrected chi connectivity index (χ4v) is 1.28. The Balaban J connectivity index is 2.50. The van der Waals surface area contributed by atoms with E-state index >= 15 is 0 Å². The van der Waals surface area contributed by atoms with Crippen molar-refractivity contribution in [3.8, 4) is 0 Å². The molecule has 0 fully saturated rings. The summed E-state index contributed by atoms with van der Waals surface area (Å²) >= 11 is 0. The van der Waals surface area contributed by atoms with Crippen LogP contribution in [0.5, 0.6) is 0 Å². The Morgan fingerprint density at radius 2 is 2.23 bits per heavy atom. The number of rotatable bonds is 5. The van der Waals surface area contributed by atoms with Crippen LogP contribution in [0.1, 0.15) is 38.6 Å². The number of aliphatic hydroxyl groups is 1. The van der Waals surface area contributed by atoms with Gasteiger partial charge in [-0.05, 0) is 26.7 Å². The first-order chi connectivity index (χ1) is 6.25. The topological polar surface area (TPSA) is 50.9 Å². The van der Waals surface area contributed by atoms with Crippen LogP contribution in [0.15, 0.2) is 6.33 Å². The van der Waals surface area contributed by atoms with Gasteiger partial charge in [-0.2, -0.15) is 5.10 Å². The molecule has 1 aromatic rings. The Morgan fingerprint density at radius 3 is 2.85 bits per heavy atom. The fourth-order valence-electron chi connectivity index (χ4n) is 1.28. The van der Waals surface area contributed by atoms with Gasteiger partial charge in [-0.1, -0.05) is 0 Å². The summed E-state index contributed by atoms with van der Waals surface area (Å²) in [6.07, 6.45) is 4.31. The molecule has 1 N–H and O–H groups in total. The van der Waals surface area contributed by atoms with Crippen molar-refractivity contribution in [2.75, 3.05) is 6.61 Å². The molecule has 4 heteroatoms. The molecule has 0 aliphatic carbocycles. The Morgan fingerprint density at radius 1 is 1.46 bits per heavy atom. The first kappa shape index (κ1) is 10.2. The third kappa shape index (κ3) is 2.81. The largest absolute Gasteiger partial charge is 0.396 e. The Labute approximate surface area is 78.6 Å². The normalized spacial score (nSPS) is 11.1. The van der Waals surface area contributed by atoms with Crippen LogP contribution in [0.25, 0.3) is 0 Å². The van der Waals surface area contributed by atoms with Crippen LogP contribution < -0.4 is 0 Å². The molecule has 0 bridgehead atoms. The van der Waals surface area contributed by atoms with Crippen LogP contribution in [0.2, 0.25) is 0 Å². The quantitative estimate of drug-likeness (QED) is 0.697. The highest BCUT2D eigenvalue weighted by Crippen LogP contribution is 2.07. The Kier molecular flexibility index (Phi) is 3.89. The van der Waals surface area contributed by atoms with Gasteiger partial charge >= 0.3 is 0 Å². The molecule has 0 unspecified atom stereocenters. The highest BCUT2D eigenvalue weighted by atomic mass is 16.2. The molecule has 0 saturated heterocycles. The van der Waals surface area contributed by atoms with Crippen LogP contribution in [0.4, 0.5) is 0 Å². The van der Waals surface area contributed by atoms with Gasteiger partial charge in [0.1, 0.15) is 12.2 Å². The third-order valence-electron chi connectivity index (χ3n) is 1.94. The highest BCUT2D eigenvalue weighted by molar-refractivity contribution is 4.86. The number of hydrogen-bond acceptors (Lipinski definition) is 3. The molecule has 4 nitrogen and oxygen atoms in total. The van der Waals surface area contributed by atoms with E-state index in [4.69, 9.17) is 5.11 Å². The highest BCUT2D eigenvalue weighted by Gasteiger charge is 2.06. The van der Waals surface area contributed by atoms with Gasteiger partial charge < -0.3 is 5.11 Å². The zero-order valence-electron chi connectivity index (χ0n) is 8.27. The summed E-state index contributed by atoms with van der Waals surface area (Å²) < 4.78 is 1.93. The Hall–Kier alpha value is -0.900. The summed E-state index contributed by atoms with van der Waals surface area (Å²) in [4.78, 5) is 4.18. The van der Waals surface area contributed by atoms with Crippen LogP contribution in [-0.4, -0.2) is 26.5 Å². The average Bonchev–Trinajstić information content (AvgIpc) is 2.53. The zero-order valence-corrected chi connectivity index (χ0v) is 8.27. The summed E-state index contributed by atoms with van der Waals surface area (Å²) in [7, 11) is 0. The molecule has 1 aromatic heterocycles. The second kappa shape index (κ2) is 4.97. The number of aliphatic hydroxyl groups excluding tert-OH is 1. The Bertz CT molecular complexity index is 245. The molecule has 0 amide bonds. The van der Waals surface area contributed by atoms with Crippen LogP contribution >= 0.6 is 0 Å². The molecule has 0 aliphatic heterocycles. The molecule has 1 heterocycles. The second-order valence-corrected chi connectivity index (χ2v) is 3.40. The van der Waals surface area contributed by atoms with E-state index in [0.717, 1.165) is 25.1 Å². The predicted molar refractivity (Wildman–Crippen MR) is 50.4 cm³/mol. The first-order valence-electron chi connectivity index (χ1n) is 4.75. The second-order valence-electron chi connectivity index (χ2n) is 3.40. The lowest BCUT2D eigenvalue weighted by Crippen LogP contribution is -2.08. The standard InChI is InChI=1S/C9H17N3O/c1-8(2)12-9(10-7-11-12)5-3-4-6-13/h7-8,13H,3-6H2,1-2H3. The van der Waals surface area contributed by atoms with E-state index in [-0.39, 0.29) is 6.61 Å². The minimum atomic E-state index is 0.260. The summed E-state index contributed by atoms with van der Waals surface area (Å²) in [6.45, 7) is 4.43. The molecule has 0 radical (unpaired) electrons. The molecular formula is C9H17N3O. The minimum Gasteiger partial charge on any atom is -0.396 e. The smallest absolute Gasteiger partial charge is 0.138 e. The van der Waals surface area contributed by atoms with Gasteiger partial charge in [0.05, 0.1) is 0 Å². The summed E-state index contributed by atoms with van der Waals surface area (Å²) in [6, 6.07) is 0.367. The summed E-state index contributed by atoms with van der Waals surface area (Å²) in [5, 5.41) is 12.8. The fraction of sp³-hybridized carbons (Fsp3) is 0.778. The van der Waals surface area contributed by atoms with E-state index in [1.807, 2.05) is 4.68 Å². The maximum absolute atomic E-state index is 8.63. The van der Waals surface area contributed by atoms with Crippen molar-refractivity contribution >= 4 is 0 Å². The maximum atomic E-state index is 8.63. The maximum Gasteiger partial charge on any atom is 0.138 e. The lowest BCUT2D eigenvalue weighted by Gasteiger charge is -2.08. The van der Waals surface area contributed by atoms with E-state index < -0.39 is 0 Å². The van der Waals surface area contributed by atoms with Gasteiger partial charge in [0.2, 0.25) is 0 Å². The van der Waals surface area contributed by atoms with E-state index in [1.165, 1.54) is 0 Å². The van der Waals surface area contributed by atoms with Gasteiger partial charge in [0, 0.05) is 19.1 Å². The predicted octanol–water partition coefficient (Wildman–Crippen LogP) is 1.17. The molecule has 0 spiro atoms. The number of aromatic nitrogens is 3. The van der Waals surface area contributed by atoms with Gasteiger partial charge in [-0.15, -0.1) is 0 Å². The van der Waals surface area contributed by atoms with Crippen molar-refractivity contribution < 1.29 is 5.11 Å². The lowest BCUT2D eigenvalue weighted by atomic mass is 10.2. The van der Waals surface area contributed by atoms with Gasteiger partial charge in [0.15, 0.2) is 0 Å². The van der Waals surface area contributed by atoms with Crippen molar-refractivity contribution in [1.82, 2.24) is 14.8 Å². The zero-order chi connectivity index (χ0) is 9.68. The van der Waals surface area contributed by atoms with Crippen molar-refractivity contribution in [2.45, 2.75) is 39.2 Å². The monoisotopic (exact) mass is 183 g/mol. The average molecular weight is 183 g/mol. The molecule has 0 aliphatic rings. The molecule has 0 aromatic carbocycles. The molecule has 1 rings (SSSR count). The summed E-state index contributed by atoms with van der Waals surface area (Å²) in [5.74, 6) is 1.02. The molecule has 13 heavy (non-hydrogen) atoms. The molecule has 74 valence electrons. The van der Waals surface area contributed by atoms with Gasteiger partial charge in [-0.3, -0.25) is 0 Å². The van der Waals surface area contributed by atoms with Crippen molar-refractivity contribution in [2.24, 2.45) is 0 Å². The summed E-state index contributed by atoms with van der Waals surface area (Å²) in [5.41, 5.74) is 0. The number of nitrogens with zero attached hydrogens (tertiary/aromatic N) is 3. The van der Waals surface area contributed by atoms with Crippen LogP contribution in [0.3, 0.4) is 0 Å². The molecular weight excluding hydrogens is 166 g/mol. The molecule has 0 atom stereocenters. The third-order valence-corrected chi connectivity index (χ3v) is 1.94. The SMILES string of the molecule is CC(C)n1ncnc1CCCCO. The first-order valence-corrected chi connectivity index (χ1v) is 4.75. The van der Waals surface area contributed by atoms with E-state index in [2.05, 4.69) is 23.9 Å². The number of aryl methyl sites for hydroxylation is 1.